The molecule has 0 spiro atoms. The van der Waals surface area contributed by atoms with E-state index in [4.69, 9.17) is 14.2 Å². The third kappa shape index (κ3) is 4.67. The molecule has 8 nitrogen and oxygen atoms in total. The summed E-state index contributed by atoms with van der Waals surface area (Å²) in [7, 11) is 1.52. The maximum atomic E-state index is 16.2. The van der Waals surface area contributed by atoms with Gasteiger partial charge in [-0.2, -0.15) is 8.78 Å². The van der Waals surface area contributed by atoms with Gasteiger partial charge in [0.1, 0.15) is 17.5 Å². The van der Waals surface area contributed by atoms with E-state index >= 15 is 8.78 Å². The first-order valence-corrected chi connectivity index (χ1v) is 12.2. The summed E-state index contributed by atoms with van der Waals surface area (Å²) < 4.78 is 50.4. The van der Waals surface area contributed by atoms with E-state index in [9.17, 15) is 14.7 Å². The van der Waals surface area contributed by atoms with Crippen molar-refractivity contribution in [1.82, 2.24) is 9.55 Å². The first-order chi connectivity index (χ1) is 18.8. The van der Waals surface area contributed by atoms with E-state index in [1.54, 1.807) is 84.9 Å². The molecule has 3 atom stereocenters. The van der Waals surface area contributed by atoms with E-state index < -0.39 is 47.8 Å². The minimum absolute atomic E-state index is 0.526. The zero-order valence-electron chi connectivity index (χ0n) is 20.9. The van der Waals surface area contributed by atoms with Crippen molar-refractivity contribution in [1.29, 1.82) is 0 Å². The lowest BCUT2D eigenvalue weighted by Gasteiger charge is -2.40. The molecule has 0 amide bonds. The highest BCUT2D eigenvalue weighted by Gasteiger charge is 2.63. The van der Waals surface area contributed by atoms with Crippen molar-refractivity contribution in [2.45, 2.75) is 30.0 Å². The van der Waals surface area contributed by atoms with Gasteiger partial charge in [-0.05, 0) is 28.8 Å². The predicted octanol–water partition coefficient (Wildman–Crippen LogP) is 3.45. The number of aliphatic hydroxyl groups is 1. The van der Waals surface area contributed by atoms with Crippen LogP contribution in [0.3, 0.4) is 0 Å². The fraction of sp³-hybridized carbons (Fsp3) is 0.241. The molecule has 202 valence electrons. The Balaban J connectivity index is 1.71. The lowest BCUT2D eigenvalue weighted by atomic mass is 9.79. The van der Waals surface area contributed by atoms with E-state index in [1.165, 1.54) is 7.11 Å². The molecule has 1 aliphatic heterocycles. The summed E-state index contributed by atoms with van der Waals surface area (Å²) in [5, 5.41) is 10.1. The largest absolute Gasteiger partial charge is 0.497 e. The molecule has 2 N–H and O–H groups in total. The first-order valence-electron chi connectivity index (χ1n) is 12.2. The second kappa shape index (κ2) is 10.6. The Kier molecular flexibility index (Phi) is 7.17. The second-order valence-corrected chi connectivity index (χ2v) is 9.08. The van der Waals surface area contributed by atoms with E-state index in [0.29, 0.717) is 27.0 Å². The summed E-state index contributed by atoms with van der Waals surface area (Å²) >= 11 is 0. The van der Waals surface area contributed by atoms with Gasteiger partial charge in [0.15, 0.2) is 6.10 Å². The maximum Gasteiger partial charge on any atom is 0.330 e. The van der Waals surface area contributed by atoms with Gasteiger partial charge in [-0.1, -0.05) is 72.8 Å². The molecule has 0 radical (unpaired) electrons. The lowest BCUT2D eigenvalue weighted by Crippen LogP contribution is -2.49. The fourth-order valence-electron chi connectivity index (χ4n) is 4.94. The molecule has 0 bridgehead atoms. The standard InChI is InChI=1S/C29H26F2N2O6/c1-37-22-14-12-21(13-15-22)28(19-8-4-2-5-9-19,20-10-6-3-7-11-20)39-25-23(18-34)38-26(29(25,30)31)33-17-16-24(35)32-27(33)36/h2-17,23,25-26,34H,18H2,1H3,(H,32,35,36)/t23-,25-,26-/m1/s1. The third-order valence-corrected chi connectivity index (χ3v) is 6.79. The van der Waals surface area contributed by atoms with E-state index in [-0.39, 0.29) is 0 Å². The SMILES string of the molecule is COc1ccc(C(O[C@@H]2[C@@H](CO)O[C@@H](n3ccc(=O)[nH]c3=O)C2(F)F)(c2ccccc2)c2ccccc2)cc1. The number of H-pyrrole nitrogens is 1. The van der Waals surface area contributed by atoms with Crippen LogP contribution in [0.25, 0.3) is 0 Å². The molecule has 39 heavy (non-hydrogen) atoms. The van der Waals surface area contributed by atoms with Gasteiger partial charge in [-0.15, -0.1) is 0 Å². The quantitative estimate of drug-likeness (QED) is 0.335. The Morgan fingerprint density at radius 1 is 0.923 bits per heavy atom. The van der Waals surface area contributed by atoms with Crippen LogP contribution in [0.1, 0.15) is 22.9 Å². The molecule has 4 aromatic rings. The van der Waals surface area contributed by atoms with Crippen LogP contribution in [0.4, 0.5) is 8.78 Å². The average Bonchev–Trinajstić information content (AvgIpc) is 3.21. The highest BCUT2D eigenvalue weighted by atomic mass is 19.3. The van der Waals surface area contributed by atoms with Gasteiger partial charge in [0.25, 0.3) is 5.56 Å². The Hall–Kier alpha value is -4.12. The monoisotopic (exact) mass is 536 g/mol. The smallest absolute Gasteiger partial charge is 0.330 e. The van der Waals surface area contributed by atoms with Gasteiger partial charge in [0.05, 0.1) is 13.7 Å². The van der Waals surface area contributed by atoms with Crippen molar-refractivity contribution in [2.24, 2.45) is 0 Å². The fourth-order valence-corrected chi connectivity index (χ4v) is 4.94. The first kappa shape index (κ1) is 26.5. The number of aliphatic hydroxyl groups excluding tert-OH is 1. The molecule has 5 rings (SSSR count). The molecule has 2 heterocycles. The number of ether oxygens (including phenoxy) is 3. The molecule has 0 aliphatic carbocycles. The van der Waals surface area contributed by atoms with Crippen molar-refractivity contribution >= 4 is 0 Å². The molecule has 1 aliphatic rings. The minimum Gasteiger partial charge on any atom is -0.497 e. The normalized spacial score (nSPS) is 20.6. The van der Waals surface area contributed by atoms with Gasteiger partial charge in [-0.3, -0.25) is 14.3 Å². The molecule has 1 aromatic heterocycles. The van der Waals surface area contributed by atoms with Gasteiger partial charge < -0.3 is 19.3 Å². The zero-order valence-corrected chi connectivity index (χ0v) is 20.9. The van der Waals surface area contributed by atoms with Crippen molar-refractivity contribution in [3.63, 3.8) is 0 Å². The Labute approximate surface area is 222 Å². The summed E-state index contributed by atoms with van der Waals surface area (Å²) in [5.41, 5.74) is -1.76. The summed E-state index contributed by atoms with van der Waals surface area (Å²) in [6, 6.07) is 25.6. The highest BCUT2D eigenvalue weighted by molar-refractivity contribution is 5.49. The number of aromatic amines is 1. The lowest BCUT2D eigenvalue weighted by molar-refractivity contribution is -0.180. The minimum atomic E-state index is -3.81. The zero-order chi connectivity index (χ0) is 27.6. The average molecular weight is 537 g/mol. The van der Waals surface area contributed by atoms with Crippen LogP contribution in [0.15, 0.2) is 107 Å². The summed E-state index contributed by atoms with van der Waals surface area (Å²) in [4.78, 5) is 25.9. The molecule has 0 unspecified atom stereocenters. The van der Waals surface area contributed by atoms with Crippen molar-refractivity contribution in [2.75, 3.05) is 13.7 Å². The van der Waals surface area contributed by atoms with Crippen LogP contribution in [0, 0.1) is 0 Å². The molecular weight excluding hydrogens is 510 g/mol. The van der Waals surface area contributed by atoms with Crippen molar-refractivity contribution < 1.29 is 28.1 Å². The van der Waals surface area contributed by atoms with Gasteiger partial charge >= 0.3 is 11.6 Å². The van der Waals surface area contributed by atoms with Gasteiger partial charge in [-0.25, -0.2) is 4.79 Å². The summed E-state index contributed by atoms with van der Waals surface area (Å²) in [6.45, 7) is -0.808. The number of hydrogen-bond acceptors (Lipinski definition) is 6. The predicted molar refractivity (Wildman–Crippen MR) is 138 cm³/mol. The number of nitrogens with zero attached hydrogens (tertiary/aromatic N) is 1. The molecule has 10 heteroatoms. The summed E-state index contributed by atoms with van der Waals surface area (Å²) in [5.74, 6) is -3.24. The van der Waals surface area contributed by atoms with Crippen molar-refractivity contribution in [3.05, 3.63) is 135 Å². The number of aromatic nitrogens is 2. The third-order valence-electron chi connectivity index (χ3n) is 6.79. The number of methoxy groups -OCH3 is 1. The van der Waals surface area contributed by atoms with Crippen molar-refractivity contribution in [3.8, 4) is 5.75 Å². The maximum absolute atomic E-state index is 16.2. The van der Waals surface area contributed by atoms with Gasteiger partial charge in [0.2, 0.25) is 6.23 Å². The summed E-state index contributed by atoms with van der Waals surface area (Å²) in [6.07, 6.45) is -4.71. The number of hydrogen-bond donors (Lipinski definition) is 2. The number of halogens is 2. The van der Waals surface area contributed by atoms with Crippen LogP contribution in [-0.2, 0) is 15.1 Å². The van der Waals surface area contributed by atoms with Crippen LogP contribution in [0.5, 0.6) is 5.75 Å². The number of rotatable bonds is 8. The molecule has 0 saturated carbocycles. The Morgan fingerprint density at radius 3 is 2.00 bits per heavy atom. The number of alkyl halides is 2. The number of nitrogens with one attached hydrogen (secondary N) is 1. The van der Waals surface area contributed by atoms with E-state index in [1.807, 2.05) is 4.98 Å². The Morgan fingerprint density at radius 2 is 1.49 bits per heavy atom. The highest BCUT2D eigenvalue weighted by Crippen LogP contribution is 2.50. The Bertz CT molecular complexity index is 1480. The molecule has 1 saturated heterocycles. The van der Waals surface area contributed by atoms with Crippen LogP contribution in [0.2, 0.25) is 0 Å². The molecule has 1 fully saturated rings. The van der Waals surface area contributed by atoms with Gasteiger partial charge in [0, 0.05) is 12.3 Å². The molecule has 3 aromatic carbocycles. The topological polar surface area (TPSA) is 103 Å². The van der Waals surface area contributed by atoms with E-state index in [0.717, 1.165) is 12.3 Å². The van der Waals surface area contributed by atoms with Crippen LogP contribution >= 0.6 is 0 Å². The van der Waals surface area contributed by atoms with Crippen LogP contribution in [-0.4, -0.2) is 46.5 Å². The van der Waals surface area contributed by atoms with Crippen LogP contribution < -0.4 is 16.0 Å². The molecular formula is C29H26F2N2O6. The van der Waals surface area contributed by atoms with E-state index in [2.05, 4.69) is 0 Å². The number of benzene rings is 3. The second-order valence-electron chi connectivity index (χ2n) is 9.08.